The van der Waals surface area contributed by atoms with Crippen molar-refractivity contribution < 1.29 is 28.2 Å². The zero-order valence-corrected chi connectivity index (χ0v) is 31.1. The summed E-state index contributed by atoms with van der Waals surface area (Å²) in [6.45, 7) is 26.2. The van der Waals surface area contributed by atoms with Crippen LogP contribution in [0.15, 0.2) is 41.7 Å². The molecule has 0 radical (unpaired) electrons. The lowest BCUT2D eigenvalue weighted by atomic mass is 9.90. The van der Waals surface area contributed by atoms with Gasteiger partial charge in [-0.2, -0.15) is 0 Å². The van der Waals surface area contributed by atoms with Gasteiger partial charge >= 0.3 is 0 Å². The van der Waals surface area contributed by atoms with Crippen molar-refractivity contribution in [1.29, 1.82) is 0 Å². The van der Waals surface area contributed by atoms with Crippen LogP contribution in [0.5, 0.6) is 23.0 Å². The third-order valence-electron chi connectivity index (χ3n) is 10.2. The summed E-state index contributed by atoms with van der Waals surface area (Å²) in [6, 6.07) is 7.66. The first kappa shape index (κ1) is 33.4. The summed E-state index contributed by atoms with van der Waals surface area (Å²) in [7, 11) is -4.40. The maximum Gasteiger partial charge on any atom is 0.250 e. The summed E-state index contributed by atoms with van der Waals surface area (Å²) >= 11 is 0. The third kappa shape index (κ3) is 6.65. The maximum atomic E-state index is 11.0. The predicted octanol–water partition coefficient (Wildman–Crippen LogP) is 8.35. The van der Waals surface area contributed by atoms with Crippen LogP contribution in [-0.2, 0) is 9.16 Å². The average Bonchev–Trinajstić information content (AvgIpc) is 3.08. The van der Waals surface area contributed by atoms with Gasteiger partial charge in [0.05, 0.1) is 25.9 Å². The molecule has 1 atom stereocenters. The minimum atomic E-state index is -2.21. The highest BCUT2D eigenvalue weighted by molar-refractivity contribution is 6.75. The lowest BCUT2D eigenvalue weighted by Crippen LogP contribution is -2.45. The SMILES string of the molecule is CCOc1ccc([C@H]2CC3=CC(O[Si](C)(C)C(C)(C)C)=Cc4c5c(cc(O[Si](C)(C)C(C)(C)C)c4=C3CO2)=CCCO5)c(O)c1. The van der Waals surface area contributed by atoms with Crippen LogP contribution in [-0.4, -0.2) is 41.6 Å². The van der Waals surface area contributed by atoms with Crippen LogP contribution in [0.25, 0.3) is 17.7 Å². The molecule has 1 aliphatic carbocycles. The largest absolute Gasteiger partial charge is 0.543 e. The minimum Gasteiger partial charge on any atom is -0.543 e. The second kappa shape index (κ2) is 12.0. The van der Waals surface area contributed by atoms with Gasteiger partial charge in [0.25, 0.3) is 8.32 Å². The molecule has 2 aromatic carbocycles. The summed E-state index contributed by atoms with van der Waals surface area (Å²) in [5, 5.41) is 13.1. The van der Waals surface area contributed by atoms with E-state index in [0.717, 1.165) is 56.4 Å². The Labute approximate surface area is 271 Å². The van der Waals surface area contributed by atoms with Crippen LogP contribution in [0.1, 0.15) is 78.5 Å². The van der Waals surface area contributed by atoms with Crippen LogP contribution >= 0.6 is 0 Å². The maximum absolute atomic E-state index is 11.0. The molecule has 0 aromatic heterocycles. The smallest absolute Gasteiger partial charge is 0.250 e. The molecule has 6 nitrogen and oxygen atoms in total. The molecule has 3 aliphatic rings. The van der Waals surface area contributed by atoms with Gasteiger partial charge in [-0.3, -0.25) is 0 Å². The molecule has 8 heteroatoms. The van der Waals surface area contributed by atoms with E-state index in [1.807, 2.05) is 19.1 Å². The Hall–Kier alpha value is -2.95. The summed E-state index contributed by atoms with van der Waals surface area (Å²) in [5.41, 5.74) is 3.96. The zero-order valence-electron chi connectivity index (χ0n) is 29.1. The van der Waals surface area contributed by atoms with E-state index in [1.54, 1.807) is 6.07 Å². The molecule has 0 saturated carbocycles. The van der Waals surface area contributed by atoms with Crippen LogP contribution < -0.4 is 24.3 Å². The van der Waals surface area contributed by atoms with E-state index in [9.17, 15) is 5.11 Å². The number of ether oxygens (including phenoxy) is 3. The van der Waals surface area contributed by atoms with Gasteiger partial charge in [-0.25, -0.2) is 0 Å². The highest BCUT2D eigenvalue weighted by Crippen LogP contribution is 2.44. The molecular formula is C37H52O6Si2. The van der Waals surface area contributed by atoms with Gasteiger partial charge in [0, 0.05) is 40.5 Å². The lowest BCUT2D eigenvalue weighted by molar-refractivity contribution is 0.0654. The first-order valence-electron chi connectivity index (χ1n) is 16.3. The molecule has 5 rings (SSSR count). The molecule has 0 bridgehead atoms. The van der Waals surface area contributed by atoms with Crippen molar-refractivity contribution in [3.63, 3.8) is 0 Å². The molecule has 2 heterocycles. The van der Waals surface area contributed by atoms with Crippen molar-refractivity contribution in [2.75, 3.05) is 19.8 Å². The summed E-state index contributed by atoms with van der Waals surface area (Å²) in [5.74, 6) is 3.42. The Morgan fingerprint density at radius 2 is 1.62 bits per heavy atom. The number of fused-ring (bicyclic) bond motifs is 4. The van der Waals surface area contributed by atoms with Crippen molar-refractivity contribution in [2.45, 2.75) is 104 Å². The van der Waals surface area contributed by atoms with Crippen molar-refractivity contribution in [1.82, 2.24) is 0 Å². The molecule has 0 amide bonds. The fraction of sp³-hybridized carbons (Fsp3) is 0.514. The second-order valence-electron chi connectivity index (χ2n) is 15.5. The van der Waals surface area contributed by atoms with Gasteiger partial charge in [0.2, 0.25) is 8.32 Å². The number of hydrogen-bond donors (Lipinski definition) is 1. The number of hydrogen-bond acceptors (Lipinski definition) is 6. The minimum absolute atomic E-state index is 0.0237. The monoisotopic (exact) mass is 648 g/mol. The number of benzene rings is 2. The number of phenolic OH excluding ortho intramolecular Hbond substituents is 1. The van der Waals surface area contributed by atoms with E-state index in [4.69, 9.17) is 23.1 Å². The lowest BCUT2D eigenvalue weighted by Gasteiger charge is -2.37. The van der Waals surface area contributed by atoms with Crippen LogP contribution in [0.3, 0.4) is 0 Å². The first-order valence-corrected chi connectivity index (χ1v) is 22.1. The highest BCUT2D eigenvalue weighted by atomic mass is 28.4. The van der Waals surface area contributed by atoms with Crippen LogP contribution in [0.2, 0.25) is 36.3 Å². The van der Waals surface area contributed by atoms with Crippen molar-refractivity contribution in [3.8, 4) is 23.0 Å². The van der Waals surface area contributed by atoms with Crippen molar-refractivity contribution >= 4 is 34.4 Å². The van der Waals surface area contributed by atoms with E-state index in [0.29, 0.717) is 32.0 Å². The predicted molar refractivity (Wildman–Crippen MR) is 188 cm³/mol. The van der Waals surface area contributed by atoms with Crippen LogP contribution in [0.4, 0.5) is 0 Å². The van der Waals surface area contributed by atoms with Gasteiger partial charge in [0.15, 0.2) is 0 Å². The Kier molecular flexibility index (Phi) is 8.92. The summed E-state index contributed by atoms with van der Waals surface area (Å²) in [6.07, 6.45) is 7.75. The van der Waals surface area contributed by atoms with E-state index in [2.05, 4.69) is 92.0 Å². The Morgan fingerprint density at radius 1 is 0.933 bits per heavy atom. The van der Waals surface area contributed by atoms with Gasteiger partial charge in [-0.05, 0) is 84.7 Å². The van der Waals surface area contributed by atoms with Crippen LogP contribution in [0, 0.1) is 0 Å². The molecule has 0 spiro atoms. The standard InChI is InChI=1S/C37H52O6Si2/c1-12-39-26-15-16-28(31(38)22-26)32-20-25-18-27(42-44(8,9)36(2,3)4)21-29-34(30(25)23-41-32)33(43-45(10,11)37(5,6)7)19-24-14-13-17-40-35(24)29/h14-16,18-19,21-22,32,38H,12-13,17,20,23H2,1-11H3/t32-/m1/s1. The fourth-order valence-corrected chi connectivity index (χ4v) is 7.51. The normalized spacial score (nSPS) is 18.6. The van der Waals surface area contributed by atoms with Gasteiger partial charge in [-0.15, -0.1) is 0 Å². The number of phenols is 1. The van der Waals surface area contributed by atoms with Crippen molar-refractivity contribution in [3.05, 3.63) is 63.2 Å². The topological polar surface area (TPSA) is 66.4 Å². The van der Waals surface area contributed by atoms with E-state index < -0.39 is 16.6 Å². The summed E-state index contributed by atoms with van der Waals surface area (Å²) < 4.78 is 32.8. The fourth-order valence-electron chi connectivity index (χ4n) is 5.48. The molecule has 1 fully saturated rings. The molecule has 0 unspecified atom stereocenters. The first-order chi connectivity index (χ1) is 20.9. The van der Waals surface area contributed by atoms with E-state index in [1.165, 1.54) is 0 Å². The van der Waals surface area contributed by atoms with Gasteiger partial charge in [-0.1, -0.05) is 47.6 Å². The Balaban J connectivity index is 1.73. The van der Waals surface area contributed by atoms with Gasteiger partial charge < -0.3 is 28.2 Å². The molecule has 45 heavy (non-hydrogen) atoms. The number of allylic oxidation sites excluding steroid dienone is 1. The molecule has 1 saturated heterocycles. The Morgan fingerprint density at radius 3 is 2.27 bits per heavy atom. The number of rotatable bonds is 7. The Bertz CT molecular complexity index is 1650. The molecule has 244 valence electrons. The zero-order chi connectivity index (χ0) is 32.9. The second-order valence-corrected chi connectivity index (χ2v) is 24.9. The third-order valence-corrected chi connectivity index (χ3v) is 18.9. The molecular weight excluding hydrogens is 597 g/mol. The van der Waals surface area contributed by atoms with Crippen molar-refractivity contribution in [2.24, 2.45) is 0 Å². The van der Waals surface area contributed by atoms with E-state index >= 15 is 0 Å². The average molecular weight is 649 g/mol. The molecule has 2 aliphatic heterocycles. The number of aromatic hydroxyl groups is 1. The highest BCUT2D eigenvalue weighted by Gasteiger charge is 2.41. The van der Waals surface area contributed by atoms with Gasteiger partial charge in [0.1, 0.15) is 28.8 Å². The van der Waals surface area contributed by atoms with E-state index in [-0.39, 0.29) is 21.9 Å². The molecule has 2 aromatic rings. The quantitative estimate of drug-likeness (QED) is 0.305. The summed E-state index contributed by atoms with van der Waals surface area (Å²) in [4.78, 5) is 0. The molecule has 1 N–H and O–H groups in total.